The molecular formula is C9H10N2O3S. The first-order valence-electron chi connectivity index (χ1n) is 4.21. The van der Waals surface area contributed by atoms with Crippen molar-refractivity contribution < 1.29 is 14.6 Å². The SMILES string of the molecule is CCOC(=O)c1[nH]c(SC)c(C#N)c1O. The lowest BCUT2D eigenvalue weighted by atomic mass is 10.3. The van der Waals surface area contributed by atoms with E-state index in [9.17, 15) is 9.90 Å². The van der Waals surface area contributed by atoms with E-state index in [4.69, 9.17) is 10.00 Å². The van der Waals surface area contributed by atoms with Crippen molar-refractivity contribution in [2.45, 2.75) is 11.9 Å². The third kappa shape index (κ3) is 2.07. The van der Waals surface area contributed by atoms with Gasteiger partial charge in [0.05, 0.1) is 11.6 Å². The number of carbonyl (C=O) groups excluding carboxylic acids is 1. The maximum Gasteiger partial charge on any atom is 0.358 e. The fourth-order valence-corrected chi connectivity index (χ4v) is 1.63. The summed E-state index contributed by atoms with van der Waals surface area (Å²) < 4.78 is 4.72. The number of aromatic nitrogens is 1. The van der Waals surface area contributed by atoms with Crippen LogP contribution in [0.5, 0.6) is 5.75 Å². The molecule has 0 aromatic carbocycles. The number of nitriles is 1. The number of rotatable bonds is 3. The first-order chi connectivity index (χ1) is 7.15. The Morgan fingerprint density at radius 3 is 2.80 bits per heavy atom. The van der Waals surface area contributed by atoms with Crippen molar-refractivity contribution in [1.82, 2.24) is 4.98 Å². The largest absolute Gasteiger partial charge is 0.504 e. The lowest BCUT2D eigenvalue weighted by molar-refractivity contribution is 0.0516. The van der Waals surface area contributed by atoms with Crippen LogP contribution in [-0.2, 0) is 4.74 Å². The average molecular weight is 226 g/mol. The van der Waals surface area contributed by atoms with Crippen molar-refractivity contribution in [3.63, 3.8) is 0 Å². The normalized spacial score (nSPS) is 9.67. The van der Waals surface area contributed by atoms with Crippen molar-refractivity contribution in [2.75, 3.05) is 12.9 Å². The third-order valence-electron chi connectivity index (χ3n) is 1.73. The number of aromatic hydroxyl groups is 1. The summed E-state index contributed by atoms with van der Waals surface area (Å²) in [5, 5.41) is 18.8. The molecule has 0 saturated carbocycles. The molecule has 0 aliphatic carbocycles. The van der Waals surface area contributed by atoms with Crippen LogP contribution in [0.2, 0.25) is 0 Å². The molecule has 2 N–H and O–H groups in total. The van der Waals surface area contributed by atoms with Crippen LogP contribution in [-0.4, -0.2) is 28.9 Å². The minimum absolute atomic E-state index is 0.0715. The number of nitrogens with zero attached hydrogens (tertiary/aromatic N) is 1. The molecule has 0 aliphatic heterocycles. The Kier molecular flexibility index (Phi) is 3.63. The van der Waals surface area contributed by atoms with Gasteiger partial charge in [-0.2, -0.15) is 5.26 Å². The quantitative estimate of drug-likeness (QED) is 0.602. The highest BCUT2D eigenvalue weighted by atomic mass is 32.2. The van der Waals surface area contributed by atoms with E-state index in [1.807, 2.05) is 6.07 Å². The van der Waals surface area contributed by atoms with Crippen LogP contribution in [0.1, 0.15) is 23.0 Å². The van der Waals surface area contributed by atoms with Crippen molar-refractivity contribution in [3.8, 4) is 11.8 Å². The van der Waals surface area contributed by atoms with E-state index in [1.165, 1.54) is 11.8 Å². The van der Waals surface area contributed by atoms with Gasteiger partial charge in [0.2, 0.25) is 0 Å². The first kappa shape index (κ1) is 11.5. The molecule has 0 radical (unpaired) electrons. The summed E-state index contributed by atoms with van der Waals surface area (Å²) in [6, 6.07) is 1.82. The van der Waals surface area contributed by atoms with E-state index in [1.54, 1.807) is 13.2 Å². The number of hydrogen-bond donors (Lipinski definition) is 2. The van der Waals surface area contributed by atoms with Crippen molar-refractivity contribution >= 4 is 17.7 Å². The molecule has 0 amide bonds. The Morgan fingerprint density at radius 2 is 2.40 bits per heavy atom. The van der Waals surface area contributed by atoms with E-state index in [0.29, 0.717) is 5.03 Å². The van der Waals surface area contributed by atoms with Gasteiger partial charge in [-0.15, -0.1) is 11.8 Å². The van der Waals surface area contributed by atoms with Gasteiger partial charge in [0.1, 0.15) is 11.6 Å². The van der Waals surface area contributed by atoms with Gasteiger partial charge in [0.15, 0.2) is 11.4 Å². The molecular weight excluding hydrogens is 216 g/mol. The number of aromatic amines is 1. The van der Waals surface area contributed by atoms with Crippen molar-refractivity contribution in [1.29, 1.82) is 5.26 Å². The zero-order valence-electron chi connectivity index (χ0n) is 8.33. The van der Waals surface area contributed by atoms with Gasteiger partial charge in [-0.3, -0.25) is 0 Å². The molecule has 0 atom stereocenters. The van der Waals surface area contributed by atoms with E-state index in [0.717, 1.165) is 0 Å². The highest BCUT2D eigenvalue weighted by Crippen LogP contribution is 2.31. The Balaban J connectivity index is 3.16. The first-order valence-corrected chi connectivity index (χ1v) is 5.44. The zero-order chi connectivity index (χ0) is 11.4. The minimum atomic E-state index is -0.660. The number of carbonyl (C=O) groups is 1. The van der Waals surface area contributed by atoms with Crippen LogP contribution in [0.15, 0.2) is 5.03 Å². The molecule has 1 heterocycles. The molecule has 0 unspecified atom stereocenters. The third-order valence-corrected chi connectivity index (χ3v) is 2.45. The monoisotopic (exact) mass is 226 g/mol. The highest BCUT2D eigenvalue weighted by molar-refractivity contribution is 7.98. The van der Waals surface area contributed by atoms with Crippen LogP contribution in [0.3, 0.4) is 0 Å². The highest BCUT2D eigenvalue weighted by Gasteiger charge is 2.22. The summed E-state index contributed by atoms with van der Waals surface area (Å²) in [5.41, 5.74) is 0.00306. The van der Waals surface area contributed by atoms with Gasteiger partial charge in [0.25, 0.3) is 0 Å². The maximum atomic E-state index is 11.3. The summed E-state index contributed by atoms with van der Waals surface area (Å²) in [6.07, 6.45) is 1.74. The number of nitrogens with one attached hydrogen (secondary N) is 1. The average Bonchev–Trinajstić information content (AvgIpc) is 2.55. The lowest BCUT2D eigenvalue weighted by Gasteiger charge is -1.98. The predicted octanol–water partition coefficient (Wildman–Crippen LogP) is 1.49. The zero-order valence-corrected chi connectivity index (χ0v) is 9.14. The van der Waals surface area contributed by atoms with E-state index in [-0.39, 0.29) is 23.6 Å². The summed E-state index contributed by atoms with van der Waals surface area (Å²) in [7, 11) is 0. The molecule has 0 bridgehead atoms. The number of H-pyrrole nitrogens is 1. The lowest BCUT2D eigenvalue weighted by Crippen LogP contribution is -2.05. The summed E-state index contributed by atoms with van der Waals surface area (Å²) in [6.45, 7) is 1.88. The molecule has 0 aliphatic rings. The van der Waals surface area contributed by atoms with Gasteiger partial charge in [-0.25, -0.2) is 4.79 Å². The number of esters is 1. The summed E-state index contributed by atoms with van der Waals surface area (Å²) >= 11 is 1.24. The topological polar surface area (TPSA) is 86.1 Å². The fourth-order valence-electron chi connectivity index (χ4n) is 1.08. The van der Waals surface area contributed by atoms with Crippen LogP contribution in [0.4, 0.5) is 0 Å². The molecule has 0 spiro atoms. The van der Waals surface area contributed by atoms with Crippen molar-refractivity contribution in [2.24, 2.45) is 0 Å². The van der Waals surface area contributed by atoms with E-state index in [2.05, 4.69) is 4.98 Å². The molecule has 15 heavy (non-hydrogen) atoms. The second-order valence-corrected chi connectivity index (χ2v) is 3.41. The minimum Gasteiger partial charge on any atom is -0.504 e. The summed E-state index contributed by atoms with van der Waals surface area (Å²) in [4.78, 5) is 14.0. The molecule has 1 aromatic rings. The molecule has 0 fully saturated rings. The van der Waals surface area contributed by atoms with E-state index < -0.39 is 5.97 Å². The molecule has 5 nitrogen and oxygen atoms in total. The second kappa shape index (κ2) is 4.75. The number of ether oxygens (including phenoxy) is 1. The van der Waals surface area contributed by atoms with Crippen LogP contribution in [0.25, 0.3) is 0 Å². The number of hydrogen-bond acceptors (Lipinski definition) is 5. The maximum absolute atomic E-state index is 11.3. The number of thioether (sulfide) groups is 1. The Hall–Kier alpha value is -1.61. The van der Waals surface area contributed by atoms with Gasteiger partial charge in [0, 0.05) is 0 Å². The van der Waals surface area contributed by atoms with E-state index >= 15 is 0 Å². The van der Waals surface area contributed by atoms with Gasteiger partial charge < -0.3 is 14.8 Å². The van der Waals surface area contributed by atoms with Gasteiger partial charge >= 0.3 is 5.97 Å². The van der Waals surface area contributed by atoms with Crippen LogP contribution in [0, 0.1) is 11.3 Å². The van der Waals surface area contributed by atoms with Crippen LogP contribution >= 0.6 is 11.8 Å². The Bertz CT molecular complexity index is 420. The Labute approximate surface area is 91.1 Å². The predicted molar refractivity (Wildman–Crippen MR) is 54.9 cm³/mol. The smallest absolute Gasteiger partial charge is 0.358 e. The molecule has 1 aromatic heterocycles. The molecule has 0 saturated heterocycles. The second-order valence-electron chi connectivity index (χ2n) is 2.59. The molecule has 6 heteroatoms. The standard InChI is InChI=1S/C9H10N2O3S/c1-3-14-9(13)6-7(12)5(4-10)8(11-6)15-2/h11-12H,3H2,1-2H3. The molecule has 1 rings (SSSR count). The fraction of sp³-hybridized carbons (Fsp3) is 0.333. The van der Waals surface area contributed by atoms with Gasteiger partial charge in [-0.05, 0) is 13.2 Å². The van der Waals surface area contributed by atoms with Crippen LogP contribution < -0.4 is 0 Å². The Morgan fingerprint density at radius 1 is 1.73 bits per heavy atom. The van der Waals surface area contributed by atoms with Crippen molar-refractivity contribution in [3.05, 3.63) is 11.3 Å². The van der Waals surface area contributed by atoms with Gasteiger partial charge in [-0.1, -0.05) is 0 Å². The molecule has 80 valence electrons. The summed E-state index contributed by atoms with van der Waals surface area (Å²) in [5.74, 6) is -1.01.